The summed E-state index contributed by atoms with van der Waals surface area (Å²) in [4.78, 5) is 19.4. The lowest BCUT2D eigenvalue weighted by molar-refractivity contribution is 0.397. The zero-order chi connectivity index (χ0) is 16.1. The van der Waals surface area contributed by atoms with Crippen LogP contribution in [0.5, 0.6) is 5.88 Å². The number of aryl methyl sites for hydroxylation is 1. The Balaban J connectivity index is 1.55. The summed E-state index contributed by atoms with van der Waals surface area (Å²) in [6, 6.07) is 2.21. The van der Waals surface area contributed by atoms with Crippen molar-refractivity contribution in [2.24, 2.45) is 0 Å². The minimum absolute atomic E-state index is 0.390. The van der Waals surface area contributed by atoms with Crippen molar-refractivity contribution in [3.8, 4) is 5.88 Å². The highest BCUT2D eigenvalue weighted by molar-refractivity contribution is 5.39. The summed E-state index contributed by atoms with van der Waals surface area (Å²) in [6.45, 7) is 3.98. The van der Waals surface area contributed by atoms with Crippen LogP contribution in [0.1, 0.15) is 25.3 Å². The Morgan fingerprint density at radius 3 is 2.57 bits per heavy atom. The third-order valence-corrected chi connectivity index (χ3v) is 4.08. The molecule has 3 rings (SSSR count). The molecule has 1 aliphatic rings. The first-order valence-corrected chi connectivity index (χ1v) is 7.97. The van der Waals surface area contributed by atoms with E-state index in [9.17, 15) is 0 Å². The molecule has 0 aliphatic carbocycles. The van der Waals surface area contributed by atoms with Crippen molar-refractivity contribution < 1.29 is 4.74 Å². The molecular formula is C16H22N6O. The molecule has 0 radical (unpaired) electrons. The highest BCUT2D eigenvalue weighted by Crippen LogP contribution is 2.19. The van der Waals surface area contributed by atoms with E-state index in [0.717, 1.165) is 44.1 Å². The average Bonchev–Trinajstić information content (AvgIpc) is 2.63. The molecule has 1 aliphatic heterocycles. The van der Waals surface area contributed by atoms with Gasteiger partial charge in [-0.15, -0.1) is 0 Å². The van der Waals surface area contributed by atoms with E-state index in [1.807, 2.05) is 18.5 Å². The third kappa shape index (κ3) is 3.85. The molecule has 7 nitrogen and oxygen atoms in total. The van der Waals surface area contributed by atoms with E-state index in [1.54, 1.807) is 7.11 Å². The molecular weight excluding hydrogens is 292 g/mol. The predicted octanol–water partition coefficient (Wildman–Crippen LogP) is 1.92. The van der Waals surface area contributed by atoms with E-state index < -0.39 is 0 Å². The first kappa shape index (κ1) is 15.5. The fraction of sp³-hybridized carbons (Fsp3) is 0.500. The molecule has 0 amide bonds. The lowest BCUT2D eigenvalue weighted by Crippen LogP contribution is -2.40. The number of anilines is 2. The summed E-state index contributed by atoms with van der Waals surface area (Å²) in [5.74, 6) is 2.20. The summed E-state index contributed by atoms with van der Waals surface area (Å²) in [7, 11) is 1.61. The first-order valence-electron chi connectivity index (χ1n) is 7.97. The van der Waals surface area contributed by atoms with Crippen LogP contribution in [0.15, 0.2) is 24.8 Å². The summed E-state index contributed by atoms with van der Waals surface area (Å²) < 4.78 is 5.12. The van der Waals surface area contributed by atoms with Crippen molar-refractivity contribution in [3.05, 3.63) is 30.4 Å². The molecule has 0 spiro atoms. The molecule has 1 saturated heterocycles. The minimum atomic E-state index is 0.390. The van der Waals surface area contributed by atoms with E-state index in [1.165, 1.54) is 11.9 Å². The Kier molecular flexibility index (Phi) is 4.85. The van der Waals surface area contributed by atoms with E-state index in [2.05, 4.69) is 37.1 Å². The Morgan fingerprint density at radius 2 is 1.91 bits per heavy atom. The SMILES string of the molecule is CCc1cnc(N2CCC(Nc3cc(OC)ncn3)CC2)nc1. The average molecular weight is 314 g/mol. The Morgan fingerprint density at radius 1 is 1.17 bits per heavy atom. The van der Waals surface area contributed by atoms with Gasteiger partial charge in [0.15, 0.2) is 0 Å². The molecule has 2 aromatic rings. The van der Waals surface area contributed by atoms with Gasteiger partial charge in [0.25, 0.3) is 0 Å². The number of nitrogens with one attached hydrogen (secondary N) is 1. The molecule has 2 aromatic heterocycles. The second kappa shape index (κ2) is 7.21. The molecule has 7 heteroatoms. The van der Waals surface area contributed by atoms with Crippen molar-refractivity contribution in [1.29, 1.82) is 0 Å². The maximum atomic E-state index is 5.12. The van der Waals surface area contributed by atoms with Gasteiger partial charge in [-0.25, -0.2) is 19.9 Å². The van der Waals surface area contributed by atoms with Gasteiger partial charge in [-0.05, 0) is 24.8 Å². The largest absolute Gasteiger partial charge is 0.481 e. The molecule has 0 saturated carbocycles. The number of hydrogen-bond donors (Lipinski definition) is 1. The highest BCUT2D eigenvalue weighted by Gasteiger charge is 2.21. The molecule has 0 bridgehead atoms. The van der Waals surface area contributed by atoms with Crippen LogP contribution in [0.2, 0.25) is 0 Å². The van der Waals surface area contributed by atoms with Crippen molar-refractivity contribution in [1.82, 2.24) is 19.9 Å². The van der Waals surface area contributed by atoms with E-state index in [4.69, 9.17) is 4.74 Å². The highest BCUT2D eigenvalue weighted by atomic mass is 16.5. The second-order valence-electron chi connectivity index (χ2n) is 5.60. The Hall–Kier alpha value is -2.44. The molecule has 3 heterocycles. The second-order valence-corrected chi connectivity index (χ2v) is 5.60. The van der Waals surface area contributed by atoms with Gasteiger partial charge in [0.2, 0.25) is 11.8 Å². The van der Waals surface area contributed by atoms with Crippen molar-refractivity contribution in [3.63, 3.8) is 0 Å². The Labute approximate surface area is 136 Å². The van der Waals surface area contributed by atoms with E-state index in [0.29, 0.717) is 11.9 Å². The van der Waals surface area contributed by atoms with Crippen molar-refractivity contribution in [2.75, 3.05) is 30.4 Å². The van der Waals surface area contributed by atoms with Gasteiger partial charge in [0.05, 0.1) is 7.11 Å². The van der Waals surface area contributed by atoms with Crippen LogP contribution in [0.3, 0.4) is 0 Å². The number of nitrogens with zero attached hydrogens (tertiary/aromatic N) is 5. The van der Waals surface area contributed by atoms with Crippen LogP contribution in [0, 0.1) is 0 Å². The van der Waals surface area contributed by atoms with Gasteiger partial charge < -0.3 is 15.0 Å². The zero-order valence-electron chi connectivity index (χ0n) is 13.6. The van der Waals surface area contributed by atoms with Gasteiger partial charge in [-0.3, -0.25) is 0 Å². The number of methoxy groups -OCH3 is 1. The van der Waals surface area contributed by atoms with Gasteiger partial charge in [-0.2, -0.15) is 0 Å². The number of rotatable bonds is 5. The van der Waals surface area contributed by atoms with Gasteiger partial charge in [0, 0.05) is 37.6 Å². The summed E-state index contributed by atoms with van der Waals surface area (Å²) in [5, 5.41) is 3.45. The van der Waals surface area contributed by atoms with E-state index >= 15 is 0 Å². The van der Waals surface area contributed by atoms with Crippen LogP contribution in [0.25, 0.3) is 0 Å². The van der Waals surface area contributed by atoms with Crippen molar-refractivity contribution >= 4 is 11.8 Å². The fourth-order valence-corrected chi connectivity index (χ4v) is 2.66. The van der Waals surface area contributed by atoms with Crippen LogP contribution in [0.4, 0.5) is 11.8 Å². The number of piperidine rings is 1. The quantitative estimate of drug-likeness (QED) is 0.903. The fourth-order valence-electron chi connectivity index (χ4n) is 2.66. The van der Waals surface area contributed by atoms with Crippen LogP contribution in [-0.2, 0) is 6.42 Å². The van der Waals surface area contributed by atoms with E-state index in [-0.39, 0.29) is 0 Å². The minimum Gasteiger partial charge on any atom is -0.481 e. The number of hydrogen-bond acceptors (Lipinski definition) is 7. The Bertz CT molecular complexity index is 625. The smallest absolute Gasteiger partial charge is 0.225 e. The lowest BCUT2D eigenvalue weighted by Gasteiger charge is -2.32. The first-order chi connectivity index (χ1) is 11.3. The zero-order valence-corrected chi connectivity index (χ0v) is 13.6. The molecule has 0 aromatic carbocycles. The number of ether oxygens (including phenoxy) is 1. The molecule has 0 atom stereocenters. The van der Waals surface area contributed by atoms with Crippen molar-refractivity contribution in [2.45, 2.75) is 32.2 Å². The predicted molar refractivity (Wildman–Crippen MR) is 88.9 cm³/mol. The molecule has 1 N–H and O–H groups in total. The summed E-state index contributed by atoms with van der Waals surface area (Å²) in [5.41, 5.74) is 1.17. The van der Waals surface area contributed by atoms with Gasteiger partial charge >= 0.3 is 0 Å². The van der Waals surface area contributed by atoms with Gasteiger partial charge in [0.1, 0.15) is 12.1 Å². The van der Waals surface area contributed by atoms with Crippen LogP contribution < -0.4 is 15.0 Å². The standard InChI is InChI=1S/C16H22N6O/c1-3-12-9-17-16(18-10-12)22-6-4-13(5-7-22)21-14-8-15(23-2)20-11-19-14/h8-11,13H,3-7H2,1-2H3,(H,19,20,21). The van der Waals surface area contributed by atoms with Crippen LogP contribution >= 0.6 is 0 Å². The number of aromatic nitrogens is 4. The monoisotopic (exact) mass is 314 g/mol. The maximum absolute atomic E-state index is 5.12. The third-order valence-electron chi connectivity index (χ3n) is 4.08. The molecule has 122 valence electrons. The summed E-state index contributed by atoms with van der Waals surface area (Å²) >= 11 is 0. The topological polar surface area (TPSA) is 76.1 Å². The normalized spacial score (nSPS) is 15.5. The molecule has 1 fully saturated rings. The van der Waals surface area contributed by atoms with Crippen LogP contribution in [-0.4, -0.2) is 46.2 Å². The maximum Gasteiger partial charge on any atom is 0.225 e. The van der Waals surface area contributed by atoms with Gasteiger partial charge in [-0.1, -0.05) is 6.92 Å². The summed E-state index contributed by atoms with van der Waals surface area (Å²) in [6.07, 6.45) is 8.35. The molecule has 0 unspecified atom stereocenters. The molecule has 23 heavy (non-hydrogen) atoms. The lowest BCUT2D eigenvalue weighted by atomic mass is 10.1.